The van der Waals surface area contributed by atoms with Crippen molar-refractivity contribution in [2.24, 2.45) is 0 Å². The zero-order chi connectivity index (χ0) is 16.4. The zero-order valence-corrected chi connectivity index (χ0v) is 13.4. The van der Waals surface area contributed by atoms with Gasteiger partial charge in [-0.15, -0.1) is 0 Å². The number of amides is 2. The summed E-state index contributed by atoms with van der Waals surface area (Å²) in [5.41, 5.74) is 1.34. The highest BCUT2D eigenvalue weighted by molar-refractivity contribution is 7.90. The molecule has 7 nitrogen and oxygen atoms in total. The molecule has 2 amide bonds. The first-order valence-electron chi connectivity index (χ1n) is 7.64. The first-order chi connectivity index (χ1) is 10.9. The highest BCUT2D eigenvalue weighted by Gasteiger charge is 2.27. The van der Waals surface area contributed by atoms with Gasteiger partial charge in [-0.2, -0.15) is 12.7 Å². The van der Waals surface area contributed by atoms with Crippen molar-refractivity contribution in [1.82, 2.24) is 9.62 Å². The molecular formula is C15H19N3O4S. The lowest BCUT2D eigenvalue weighted by Crippen LogP contribution is -2.37. The summed E-state index contributed by atoms with van der Waals surface area (Å²) < 4.78 is 28.4. The highest BCUT2D eigenvalue weighted by atomic mass is 32.2. The Kier molecular flexibility index (Phi) is 4.36. The molecule has 3 rings (SSSR count). The molecule has 2 heterocycles. The van der Waals surface area contributed by atoms with Crippen LogP contribution in [0.4, 0.5) is 5.69 Å². The number of carbonyl (C=O) groups excluding carboxylic acids is 2. The first-order valence-corrected chi connectivity index (χ1v) is 9.08. The van der Waals surface area contributed by atoms with Gasteiger partial charge in [0.25, 0.3) is 0 Å². The predicted octanol–water partition coefficient (Wildman–Crippen LogP) is 0.959. The fourth-order valence-electron chi connectivity index (χ4n) is 2.98. The van der Waals surface area contributed by atoms with Crippen LogP contribution in [0.3, 0.4) is 0 Å². The van der Waals surface area contributed by atoms with Gasteiger partial charge in [-0.25, -0.2) is 0 Å². The second-order valence-electron chi connectivity index (χ2n) is 5.91. The van der Waals surface area contributed by atoms with Gasteiger partial charge >= 0.3 is 10.2 Å². The SMILES string of the molecule is O=C1CC(c2ccc(NS(=O)(=O)N3CCCC3)cc2)CC(=O)N1. The number of hydrogen-bond acceptors (Lipinski definition) is 4. The lowest BCUT2D eigenvalue weighted by molar-refractivity contribution is -0.133. The van der Waals surface area contributed by atoms with Gasteiger partial charge in [0.05, 0.1) is 0 Å². The van der Waals surface area contributed by atoms with Crippen molar-refractivity contribution in [2.75, 3.05) is 17.8 Å². The van der Waals surface area contributed by atoms with E-state index in [1.165, 1.54) is 4.31 Å². The van der Waals surface area contributed by atoms with E-state index in [4.69, 9.17) is 0 Å². The van der Waals surface area contributed by atoms with Gasteiger partial charge in [-0.05, 0) is 30.5 Å². The van der Waals surface area contributed by atoms with Crippen LogP contribution >= 0.6 is 0 Å². The number of nitrogens with zero attached hydrogens (tertiary/aromatic N) is 1. The molecule has 1 aromatic rings. The fraction of sp³-hybridized carbons (Fsp3) is 0.467. The van der Waals surface area contributed by atoms with Crippen LogP contribution in [0.15, 0.2) is 24.3 Å². The molecule has 2 saturated heterocycles. The van der Waals surface area contributed by atoms with Crippen molar-refractivity contribution in [1.29, 1.82) is 0 Å². The summed E-state index contributed by atoms with van der Waals surface area (Å²) >= 11 is 0. The van der Waals surface area contributed by atoms with E-state index in [1.807, 2.05) is 0 Å². The van der Waals surface area contributed by atoms with Crippen LogP contribution in [0, 0.1) is 0 Å². The first kappa shape index (κ1) is 15.9. The number of rotatable bonds is 4. The number of nitrogens with one attached hydrogen (secondary N) is 2. The van der Waals surface area contributed by atoms with Gasteiger partial charge in [0.15, 0.2) is 0 Å². The lowest BCUT2D eigenvalue weighted by atomic mass is 9.89. The molecule has 0 spiro atoms. The Morgan fingerprint density at radius 2 is 1.57 bits per heavy atom. The third-order valence-corrected chi connectivity index (χ3v) is 5.71. The Labute approximate surface area is 135 Å². The summed E-state index contributed by atoms with van der Waals surface area (Å²) in [7, 11) is -3.50. The standard InChI is InChI=1S/C15H19N3O4S/c19-14-9-12(10-15(20)16-14)11-3-5-13(6-4-11)17-23(21,22)18-7-1-2-8-18/h3-6,12,17H,1-2,7-10H2,(H,16,19,20). The van der Waals surface area contributed by atoms with E-state index < -0.39 is 10.2 Å². The summed E-state index contributed by atoms with van der Waals surface area (Å²) in [5.74, 6) is -0.699. The molecule has 2 aliphatic heterocycles. The molecule has 0 saturated carbocycles. The van der Waals surface area contributed by atoms with E-state index in [0.29, 0.717) is 18.8 Å². The number of imide groups is 1. The third kappa shape index (κ3) is 3.70. The lowest BCUT2D eigenvalue weighted by Gasteiger charge is -2.21. The van der Waals surface area contributed by atoms with Crippen molar-refractivity contribution in [3.63, 3.8) is 0 Å². The molecule has 0 aliphatic carbocycles. The maximum Gasteiger partial charge on any atom is 0.301 e. The van der Waals surface area contributed by atoms with Gasteiger partial charge in [0.1, 0.15) is 0 Å². The van der Waals surface area contributed by atoms with Gasteiger partial charge in [-0.1, -0.05) is 12.1 Å². The Bertz CT molecular complexity index is 693. The predicted molar refractivity (Wildman–Crippen MR) is 84.9 cm³/mol. The Balaban J connectivity index is 1.69. The summed E-state index contributed by atoms with van der Waals surface area (Å²) in [6.07, 6.45) is 2.31. The fourth-order valence-corrected chi connectivity index (χ4v) is 4.28. The van der Waals surface area contributed by atoms with Crippen LogP contribution in [0.2, 0.25) is 0 Å². The number of carbonyl (C=O) groups is 2. The minimum absolute atomic E-state index is 0.152. The molecule has 8 heteroatoms. The van der Waals surface area contributed by atoms with E-state index in [0.717, 1.165) is 18.4 Å². The maximum atomic E-state index is 12.2. The molecule has 124 valence electrons. The minimum atomic E-state index is -3.50. The van der Waals surface area contributed by atoms with Crippen molar-refractivity contribution in [2.45, 2.75) is 31.6 Å². The molecule has 0 aromatic heterocycles. The molecular weight excluding hydrogens is 318 g/mol. The minimum Gasteiger partial charge on any atom is -0.296 e. The van der Waals surface area contributed by atoms with Crippen LogP contribution in [0.25, 0.3) is 0 Å². The van der Waals surface area contributed by atoms with Crippen LogP contribution in [-0.2, 0) is 19.8 Å². The second-order valence-corrected chi connectivity index (χ2v) is 7.58. The molecule has 0 bridgehead atoms. The van der Waals surface area contributed by atoms with E-state index >= 15 is 0 Å². The topological polar surface area (TPSA) is 95.6 Å². The molecule has 2 fully saturated rings. The summed E-state index contributed by atoms with van der Waals surface area (Å²) in [6.45, 7) is 1.10. The highest BCUT2D eigenvalue weighted by Crippen LogP contribution is 2.27. The zero-order valence-electron chi connectivity index (χ0n) is 12.6. The monoisotopic (exact) mass is 337 g/mol. The van der Waals surface area contributed by atoms with Gasteiger partial charge in [0, 0.05) is 37.5 Å². The van der Waals surface area contributed by atoms with Crippen molar-refractivity contribution in [3.05, 3.63) is 29.8 Å². The quantitative estimate of drug-likeness (QED) is 0.800. The molecule has 1 aromatic carbocycles. The number of hydrogen-bond donors (Lipinski definition) is 2. The van der Waals surface area contributed by atoms with Crippen LogP contribution < -0.4 is 10.0 Å². The van der Waals surface area contributed by atoms with Crippen LogP contribution in [0.1, 0.15) is 37.2 Å². The molecule has 23 heavy (non-hydrogen) atoms. The Morgan fingerprint density at radius 3 is 2.13 bits per heavy atom. The maximum absolute atomic E-state index is 12.2. The number of piperidine rings is 1. The van der Waals surface area contributed by atoms with Crippen molar-refractivity contribution in [3.8, 4) is 0 Å². The summed E-state index contributed by atoms with van der Waals surface area (Å²) in [4.78, 5) is 22.9. The van der Waals surface area contributed by atoms with E-state index in [2.05, 4.69) is 10.0 Å². The molecule has 2 aliphatic rings. The largest absolute Gasteiger partial charge is 0.301 e. The Morgan fingerprint density at radius 1 is 1.00 bits per heavy atom. The average Bonchev–Trinajstić information content (AvgIpc) is 3.01. The van der Waals surface area contributed by atoms with Crippen molar-refractivity contribution >= 4 is 27.7 Å². The second kappa shape index (κ2) is 6.29. The summed E-state index contributed by atoms with van der Waals surface area (Å²) in [6, 6.07) is 6.86. The summed E-state index contributed by atoms with van der Waals surface area (Å²) in [5, 5.41) is 2.28. The van der Waals surface area contributed by atoms with Gasteiger partial charge in [-0.3, -0.25) is 19.6 Å². The van der Waals surface area contributed by atoms with Crippen molar-refractivity contribution < 1.29 is 18.0 Å². The third-order valence-electron chi connectivity index (χ3n) is 4.18. The van der Waals surface area contributed by atoms with Gasteiger partial charge < -0.3 is 0 Å². The molecule has 0 unspecified atom stereocenters. The normalized spacial score (nSPS) is 20.5. The van der Waals surface area contributed by atoms with Crippen LogP contribution in [0.5, 0.6) is 0 Å². The van der Waals surface area contributed by atoms with E-state index in [1.54, 1.807) is 24.3 Å². The van der Waals surface area contributed by atoms with E-state index in [-0.39, 0.29) is 30.6 Å². The van der Waals surface area contributed by atoms with E-state index in [9.17, 15) is 18.0 Å². The molecule has 2 N–H and O–H groups in total. The number of anilines is 1. The molecule has 0 radical (unpaired) electrons. The Hall–Kier alpha value is -1.93. The average molecular weight is 337 g/mol. The molecule has 0 atom stereocenters. The smallest absolute Gasteiger partial charge is 0.296 e. The van der Waals surface area contributed by atoms with Gasteiger partial charge in [0.2, 0.25) is 11.8 Å². The van der Waals surface area contributed by atoms with Crippen LogP contribution in [-0.4, -0.2) is 37.6 Å². The number of benzene rings is 1.